The molecule has 150 valence electrons. The Morgan fingerprint density at radius 3 is 2.83 bits per heavy atom. The number of imide groups is 1. The van der Waals surface area contributed by atoms with E-state index in [0.29, 0.717) is 17.5 Å². The number of anilines is 1. The highest BCUT2D eigenvalue weighted by atomic mass is 79.9. The Bertz CT molecular complexity index is 1130. The Balaban J connectivity index is 1.51. The molecule has 2 N–H and O–H groups in total. The molecule has 0 atom stereocenters. The van der Waals surface area contributed by atoms with E-state index in [0.717, 1.165) is 25.1 Å². The number of halogens is 2. The predicted octanol–water partition coefficient (Wildman–Crippen LogP) is 4.52. The molecule has 2 aromatic heterocycles. The molecule has 0 bridgehead atoms. The summed E-state index contributed by atoms with van der Waals surface area (Å²) in [5.74, 6) is 0.168. The first kappa shape index (κ1) is 20.1. The van der Waals surface area contributed by atoms with Crippen LogP contribution in [-0.2, 0) is 4.79 Å². The number of nitrogens with zero attached hydrogens (tertiary/aromatic N) is 3. The van der Waals surface area contributed by atoms with E-state index in [-0.39, 0.29) is 18.5 Å². The molecular formula is C19H17BrClN5O2S. The summed E-state index contributed by atoms with van der Waals surface area (Å²) < 4.78 is 1.77. The monoisotopic (exact) mass is 493 g/mol. The van der Waals surface area contributed by atoms with Crippen LogP contribution < -0.4 is 10.6 Å². The summed E-state index contributed by atoms with van der Waals surface area (Å²) in [7, 11) is 0. The highest BCUT2D eigenvalue weighted by molar-refractivity contribution is 9.10. The summed E-state index contributed by atoms with van der Waals surface area (Å²) in [6.45, 7) is 3.93. The number of fused-ring (bicyclic) bond motifs is 1. The minimum absolute atomic E-state index is 0.224. The van der Waals surface area contributed by atoms with Crippen LogP contribution in [0.3, 0.4) is 0 Å². The second kappa shape index (κ2) is 7.55. The second-order valence-electron chi connectivity index (χ2n) is 7.10. The molecule has 0 spiro atoms. The van der Waals surface area contributed by atoms with Crippen LogP contribution in [0.25, 0.3) is 20.7 Å². The number of amides is 3. The Morgan fingerprint density at radius 2 is 2.14 bits per heavy atom. The summed E-state index contributed by atoms with van der Waals surface area (Å²) in [6.07, 6.45) is 1.67. The van der Waals surface area contributed by atoms with E-state index in [4.69, 9.17) is 11.6 Å². The summed E-state index contributed by atoms with van der Waals surface area (Å²) >= 11 is 11.4. The fourth-order valence-electron chi connectivity index (χ4n) is 3.07. The zero-order chi connectivity index (χ0) is 20.8. The predicted molar refractivity (Wildman–Crippen MR) is 118 cm³/mol. The number of carbonyl (C=O) groups is 2. The molecule has 7 nitrogen and oxygen atoms in total. The van der Waals surface area contributed by atoms with Crippen molar-refractivity contribution < 1.29 is 9.59 Å². The molecule has 3 amide bonds. The van der Waals surface area contributed by atoms with Gasteiger partial charge >= 0.3 is 6.03 Å². The maximum Gasteiger partial charge on any atom is 0.325 e. The highest BCUT2D eigenvalue weighted by Crippen LogP contribution is 2.39. The first-order valence-corrected chi connectivity index (χ1v) is 10.8. The Hall–Kier alpha value is -2.23. The van der Waals surface area contributed by atoms with Crippen LogP contribution in [0.5, 0.6) is 0 Å². The number of rotatable bonds is 5. The molecule has 1 aliphatic heterocycles. The molecule has 29 heavy (non-hydrogen) atoms. The lowest BCUT2D eigenvalue weighted by molar-refractivity contribution is -0.130. The van der Waals surface area contributed by atoms with E-state index < -0.39 is 5.54 Å². The molecule has 3 heterocycles. The van der Waals surface area contributed by atoms with E-state index in [1.807, 2.05) is 24.3 Å². The summed E-state index contributed by atoms with van der Waals surface area (Å²) in [5, 5.41) is 7.51. The SMILES string of the molecule is CC1(C)NC(=O)N(CCNc2ncc(Br)c(-c3cc4cccc(Cl)c4s3)n2)C1=O. The van der Waals surface area contributed by atoms with E-state index in [9.17, 15) is 9.59 Å². The third kappa shape index (κ3) is 3.82. The number of hydrogen-bond donors (Lipinski definition) is 2. The van der Waals surface area contributed by atoms with Gasteiger partial charge in [0.1, 0.15) is 11.2 Å². The molecule has 3 aromatic rings. The van der Waals surface area contributed by atoms with Crippen molar-refractivity contribution in [2.45, 2.75) is 19.4 Å². The first-order chi connectivity index (χ1) is 13.8. The average Bonchev–Trinajstić information content (AvgIpc) is 3.18. The van der Waals surface area contributed by atoms with Crippen molar-refractivity contribution in [3.05, 3.63) is 40.0 Å². The lowest BCUT2D eigenvalue weighted by atomic mass is 10.1. The van der Waals surface area contributed by atoms with Gasteiger partial charge in [-0.15, -0.1) is 11.3 Å². The third-order valence-corrected chi connectivity index (χ3v) is 6.73. The Morgan fingerprint density at radius 1 is 1.34 bits per heavy atom. The minimum Gasteiger partial charge on any atom is -0.352 e. The number of thiophene rings is 1. The quantitative estimate of drug-likeness (QED) is 0.509. The van der Waals surface area contributed by atoms with Gasteiger partial charge in [-0.2, -0.15) is 0 Å². The van der Waals surface area contributed by atoms with Gasteiger partial charge in [0.2, 0.25) is 5.95 Å². The van der Waals surface area contributed by atoms with Crippen molar-refractivity contribution >= 4 is 66.8 Å². The van der Waals surface area contributed by atoms with Gasteiger partial charge in [-0.25, -0.2) is 14.8 Å². The highest BCUT2D eigenvalue weighted by Gasteiger charge is 2.43. The van der Waals surface area contributed by atoms with Gasteiger partial charge in [0, 0.05) is 19.3 Å². The van der Waals surface area contributed by atoms with Gasteiger partial charge in [-0.1, -0.05) is 23.7 Å². The largest absolute Gasteiger partial charge is 0.352 e. The zero-order valence-electron chi connectivity index (χ0n) is 15.6. The normalized spacial score (nSPS) is 15.8. The van der Waals surface area contributed by atoms with Gasteiger partial charge in [0.25, 0.3) is 5.91 Å². The lowest BCUT2D eigenvalue weighted by Gasteiger charge is -2.16. The topological polar surface area (TPSA) is 87.2 Å². The first-order valence-electron chi connectivity index (χ1n) is 8.85. The fourth-order valence-corrected chi connectivity index (χ4v) is 4.97. The summed E-state index contributed by atoms with van der Waals surface area (Å²) in [4.78, 5) is 35.2. The van der Waals surface area contributed by atoms with Gasteiger partial charge in [-0.05, 0) is 47.3 Å². The molecule has 0 radical (unpaired) electrons. The number of nitrogens with one attached hydrogen (secondary N) is 2. The Labute approximate surface area is 184 Å². The van der Waals surface area contributed by atoms with Gasteiger partial charge in [0.15, 0.2) is 0 Å². The van der Waals surface area contributed by atoms with Crippen LogP contribution in [0.4, 0.5) is 10.7 Å². The van der Waals surface area contributed by atoms with Crippen molar-refractivity contribution in [1.29, 1.82) is 0 Å². The molecule has 1 aliphatic rings. The van der Waals surface area contributed by atoms with E-state index in [2.05, 4.69) is 36.5 Å². The van der Waals surface area contributed by atoms with Crippen molar-refractivity contribution in [1.82, 2.24) is 20.2 Å². The van der Waals surface area contributed by atoms with E-state index >= 15 is 0 Å². The van der Waals surface area contributed by atoms with Gasteiger partial charge in [-0.3, -0.25) is 9.69 Å². The van der Waals surface area contributed by atoms with Crippen LogP contribution in [0.1, 0.15) is 13.8 Å². The Kier molecular flexibility index (Phi) is 5.22. The van der Waals surface area contributed by atoms with E-state index in [1.165, 1.54) is 4.90 Å². The van der Waals surface area contributed by atoms with Crippen LogP contribution in [0.15, 0.2) is 34.9 Å². The van der Waals surface area contributed by atoms with Crippen LogP contribution >= 0.6 is 38.9 Å². The maximum absolute atomic E-state index is 12.2. The smallest absolute Gasteiger partial charge is 0.325 e. The molecule has 1 fully saturated rings. The van der Waals surface area contributed by atoms with Crippen LogP contribution in [-0.4, -0.2) is 45.4 Å². The summed E-state index contributed by atoms with van der Waals surface area (Å²) in [5.41, 5.74) is -0.128. The molecule has 10 heteroatoms. The maximum atomic E-state index is 12.2. The van der Waals surface area contributed by atoms with Crippen molar-refractivity contribution in [3.8, 4) is 10.6 Å². The minimum atomic E-state index is -0.874. The second-order valence-corrected chi connectivity index (χ2v) is 9.41. The molecule has 1 saturated heterocycles. The zero-order valence-corrected chi connectivity index (χ0v) is 18.8. The number of aromatic nitrogens is 2. The molecular weight excluding hydrogens is 478 g/mol. The molecule has 0 aliphatic carbocycles. The van der Waals surface area contributed by atoms with Crippen molar-refractivity contribution in [3.63, 3.8) is 0 Å². The summed E-state index contributed by atoms with van der Waals surface area (Å²) in [6, 6.07) is 7.44. The molecule has 4 rings (SSSR count). The number of benzene rings is 1. The lowest BCUT2D eigenvalue weighted by Crippen LogP contribution is -2.40. The standard InChI is InChI=1S/C19H17BrClN5O2S/c1-19(2)16(27)26(18(28)25-19)7-6-22-17-23-9-11(20)14(24-17)13-8-10-4-3-5-12(21)15(10)29-13/h3-5,8-9H,6-7H2,1-2H3,(H,25,28)(H,22,23,24). The average molecular weight is 495 g/mol. The van der Waals surface area contributed by atoms with E-state index in [1.54, 1.807) is 31.4 Å². The molecule has 0 unspecified atom stereocenters. The number of urea groups is 1. The van der Waals surface area contributed by atoms with Crippen molar-refractivity contribution in [2.75, 3.05) is 18.4 Å². The molecule has 0 saturated carbocycles. The van der Waals surface area contributed by atoms with Crippen LogP contribution in [0.2, 0.25) is 5.02 Å². The van der Waals surface area contributed by atoms with Gasteiger partial charge < -0.3 is 10.6 Å². The number of carbonyl (C=O) groups excluding carboxylic acids is 2. The van der Waals surface area contributed by atoms with Crippen molar-refractivity contribution in [2.24, 2.45) is 0 Å². The fraction of sp³-hybridized carbons (Fsp3) is 0.263. The third-order valence-electron chi connectivity index (χ3n) is 4.54. The van der Waals surface area contributed by atoms with Crippen LogP contribution in [0, 0.1) is 0 Å². The van der Waals surface area contributed by atoms with Gasteiger partial charge in [0.05, 0.1) is 19.1 Å². The molecule has 1 aromatic carbocycles. The number of hydrogen-bond acceptors (Lipinski definition) is 6.